The first kappa shape index (κ1) is 24.2. The summed E-state index contributed by atoms with van der Waals surface area (Å²) in [6, 6.07) is 29.3. The fraction of sp³-hybridized carbons (Fsp3) is 0.154. The van der Waals surface area contributed by atoms with Gasteiger partial charge in [0, 0.05) is 0 Å². The Morgan fingerprint density at radius 2 is 1.16 bits per heavy atom. The Bertz CT molecular complexity index is 999. The van der Waals surface area contributed by atoms with Crippen LogP contribution in [0.15, 0.2) is 101 Å². The first-order valence-electron chi connectivity index (χ1n) is 10.2. The molecule has 3 aromatic rings. The summed E-state index contributed by atoms with van der Waals surface area (Å²) in [5.41, 5.74) is 0. The van der Waals surface area contributed by atoms with Crippen LogP contribution in [0.4, 0.5) is 0 Å². The highest BCUT2D eigenvalue weighted by Gasteiger charge is 2.56. The van der Waals surface area contributed by atoms with Crippen molar-refractivity contribution in [2.75, 3.05) is 6.61 Å². The molecule has 0 spiro atoms. The molecular weight excluding hydrogens is 462 g/mol. The SMILES string of the molecule is CCOC(=O)[C@H](C(C)=O)C(=C(Cl)Cl)[P+](c1ccccc1)(c1ccccc1)c1ccccc1. The van der Waals surface area contributed by atoms with E-state index in [1.165, 1.54) is 6.92 Å². The molecule has 0 saturated heterocycles. The van der Waals surface area contributed by atoms with Crippen molar-refractivity contribution in [3.8, 4) is 0 Å². The van der Waals surface area contributed by atoms with Crippen molar-refractivity contribution in [1.82, 2.24) is 0 Å². The van der Waals surface area contributed by atoms with Crippen molar-refractivity contribution in [3.05, 3.63) is 101 Å². The van der Waals surface area contributed by atoms with Crippen LogP contribution >= 0.6 is 30.5 Å². The molecular formula is C26H24Cl2O3P+. The maximum Gasteiger partial charge on any atom is 0.324 e. The monoisotopic (exact) mass is 485 g/mol. The van der Waals surface area contributed by atoms with Gasteiger partial charge >= 0.3 is 5.97 Å². The predicted molar refractivity (Wildman–Crippen MR) is 135 cm³/mol. The second-order valence-electron chi connectivity index (χ2n) is 7.12. The van der Waals surface area contributed by atoms with E-state index in [9.17, 15) is 9.59 Å². The van der Waals surface area contributed by atoms with E-state index in [0.29, 0.717) is 5.31 Å². The number of rotatable bonds is 8. The van der Waals surface area contributed by atoms with Crippen LogP contribution in [-0.4, -0.2) is 18.4 Å². The third-order valence-corrected chi connectivity index (χ3v) is 10.3. The van der Waals surface area contributed by atoms with Crippen molar-refractivity contribution in [2.24, 2.45) is 5.92 Å². The molecule has 3 nitrogen and oxygen atoms in total. The molecule has 3 aromatic carbocycles. The Morgan fingerprint density at radius 3 is 1.44 bits per heavy atom. The van der Waals surface area contributed by atoms with E-state index in [4.69, 9.17) is 27.9 Å². The van der Waals surface area contributed by atoms with E-state index >= 15 is 0 Å². The van der Waals surface area contributed by atoms with Crippen LogP contribution < -0.4 is 15.9 Å². The van der Waals surface area contributed by atoms with Gasteiger partial charge in [-0.15, -0.1) is 0 Å². The number of benzene rings is 3. The highest BCUT2D eigenvalue weighted by molar-refractivity contribution is 7.99. The van der Waals surface area contributed by atoms with Gasteiger partial charge in [-0.05, 0) is 50.2 Å². The second-order valence-corrected chi connectivity index (χ2v) is 11.4. The predicted octanol–water partition coefficient (Wildman–Crippen LogP) is 5.40. The molecule has 0 aromatic heterocycles. The van der Waals surface area contributed by atoms with Crippen LogP contribution in [0, 0.1) is 5.92 Å². The number of ketones is 1. The summed E-state index contributed by atoms with van der Waals surface area (Å²) in [5, 5.41) is 3.18. The maximum atomic E-state index is 13.1. The minimum Gasteiger partial charge on any atom is -0.465 e. The van der Waals surface area contributed by atoms with Crippen molar-refractivity contribution in [2.45, 2.75) is 13.8 Å². The van der Waals surface area contributed by atoms with Gasteiger partial charge in [-0.1, -0.05) is 77.8 Å². The highest BCUT2D eigenvalue weighted by atomic mass is 35.5. The molecule has 32 heavy (non-hydrogen) atoms. The summed E-state index contributed by atoms with van der Waals surface area (Å²) in [5.74, 6) is -2.25. The average molecular weight is 486 g/mol. The molecule has 0 heterocycles. The Kier molecular flexibility index (Phi) is 8.26. The lowest BCUT2D eigenvalue weighted by atomic mass is 10.1. The van der Waals surface area contributed by atoms with Crippen LogP contribution in [-0.2, 0) is 14.3 Å². The Morgan fingerprint density at radius 1 is 0.781 bits per heavy atom. The number of ether oxygens (including phenoxy) is 1. The van der Waals surface area contributed by atoms with Gasteiger partial charge in [-0.25, -0.2) is 0 Å². The second kappa shape index (κ2) is 10.9. The molecule has 0 aliphatic heterocycles. The van der Waals surface area contributed by atoms with Crippen LogP contribution in [0.5, 0.6) is 0 Å². The molecule has 0 fully saturated rings. The van der Waals surface area contributed by atoms with E-state index in [2.05, 4.69) is 0 Å². The number of halogens is 2. The molecule has 0 bridgehead atoms. The zero-order chi connectivity index (χ0) is 23.1. The van der Waals surface area contributed by atoms with Crippen LogP contribution in [0.2, 0.25) is 0 Å². The summed E-state index contributed by atoms with van der Waals surface area (Å²) in [7, 11) is -2.81. The fourth-order valence-electron chi connectivity index (χ4n) is 3.94. The smallest absolute Gasteiger partial charge is 0.324 e. The van der Waals surface area contributed by atoms with Gasteiger partial charge in [0.2, 0.25) is 0 Å². The van der Waals surface area contributed by atoms with E-state index in [0.717, 1.165) is 15.9 Å². The van der Waals surface area contributed by atoms with Crippen LogP contribution in [0.3, 0.4) is 0 Å². The Labute approximate surface area is 199 Å². The number of carbonyl (C=O) groups excluding carboxylic acids is 2. The zero-order valence-corrected chi connectivity index (χ0v) is 20.3. The zero-order valence-electron chi connectivity index (χ0n) is 17.9. The van der Waals surface area contributed by atoms with E-state index in [-0.39, 0.29) is 16.9 Å². The molecule has 0 aliphatic carbocycles. The van der Waals surface area contributed by atoms with Crippen molar-refractivity contribution < 1.29 is 14.3 Å². The normalized spacial score (nSPS) is 12.0. The molecule has 0 saturated carbocycles. The van der Waals surface area contributed by atoms with Crippen molar-refractivity contribution in [1.29, 1.82) is 0 Å². The summed E-state index contributed by atoms with van der Waals surface area (Å²) in [6.45, 7) is 3.21. The van der Waals surface area contributed by atoms with Gasteiger partial charge in [-0.2, -0.15) is 0 Å². The van der Waals surface area contributed by atoms with Crippen LogP contribution in [0.25, 0.3) is 0 Å². The molecule has 6 heteroatoms. The Balaban J connectivity index is 2.51. The number of Topliss-reactive ketones (excluding diaryl/α,β-unsaturated/α-hetero) is 1. The van der Waals surface area contributed by atoms with Crippen LogP contribution in [0.1, 0.15) is 13.8 Å². The lowest BCUT2D eigenvalue weighted by Crippen LogP contribution is -2.38. The largest absolute Gasteiger partial charge is 0.465 e. The lowest BCUT2D eigenvalue weighted by Gasteiger charge is -2.32. The quantitative estimate of drug-likeness (QED) is 0.244. The van der Waals surface area contributed by atoms with Gasteiger partial charge in [-0.3, -0.25) is 9.59 Å². The molecule has 3 rings (SSSR count). The molecule has 0 aliphatic rings. The molecule has 164 valence electrons. The first-order chi connectivity index (χ1) is 15.4. The van der Waals surface area contributed by atoms with Gasteiger partial charge in [0.1, 0.15) is 33.0 Å². The standard InChI is InChI=1S/C26H24Cl2O3P/c1-3-31-26(30)23(19(2)29)24(25(27)28)32(20-13-7-4-8-14-20,21-15-9-5-10-16-21)22-17-11-6-12-18-22/h4-18,23H,3H2,1-2H3/q+1/t23-/m1/s1. The number of carbonyl (C=O) groups is 2. The van der Waals surface area contributed by atoms with Gasteiger partial charge in [0.05, 0.1) is 6.61 Å². The molecule has 0 N–H and O–H groups in total. The summed E-state index contributed by atoms with van der Waals surface area (Å²) >= 11 is 13.1. The number of esters is 1. The maximum absolute atomic E-state index is 13.1. The summed E-state index contributed by atoms with van der Waals surface area (Å²) in [6.07, 6.45) is 0. The van der Waals surface area contributed by atoms with Crippen molar-refractivity contribution in [3.63, 3.8) is 0 Å². The third kappa shape index (κ3) is 4.66. The van der Waals surface area contributed by atoms with E-state index < -0.39 is 19.1 Å². The topological polar surface area (TPSA) is 43.4 Å². The lowest BCUT2D eigenvalue weighted by molar-refractivity contribution is -0.149. The van der Waals surface area contributed by atoms with Gasteiger partial charge in [0.25, 0.3) is 0 Å². The van der Waals surface area contributed by atoms with Gasteiger partial charge in [0.15, 0.2) is 11.7 Å². The van der Waals surface area contributed by atoms with Gasteiger partial charge < -0.3 is 4.74 Å². The Hall–Kier alpha value is -2.45. The van der Waals surface area contributed by atoms with E-state index in [1.54, 1.807) is 6.92 Å². The average Bonchev–Trinajstić information content (AvgIpc) is 2.81. The van der Waals surface area contributed by atoms with E-state index in [1.807, 2.05) is 91.0 Å². The highest BCUT2D eigenvalue weighted by Crippen LogP contribution is 2.66. The third-order valence-electron chi connectivity index (χ3n) is 5.19. The molecule has 0 radical (unpaired) electrons. The molecule has 1 atom stereocenters. The minimum absolute atomic E-state index is 0.0943. The fourth-order valence-corrected chi connectivity index (χ4v) is 9.44. The van der Waals surface area contributed by atoms with Crippen molar-refractivity contribution >= 4 is 58.1 Å². The summed E-state index contributed by atoms with van der Waals surface area (Å²) in [4.78, 5) is 26.0. The number of hydrogen-bond acceptors (Lipinski definition) is 3. The first-order valence-corrected chi connectivity index (χ1v) is 12.8. The minimum atomic E-state index is -2.81. The number of hydrogen-bond donors (Lipinski definition) is 0. The molecule has 0 unspecified atom stereocenters. The summed E-state index contributed by atoms with van der Waals surface area (Å²) < 4.78 is 5.21. The molecule has 0 amide bonds.